The van der Waals surface area contributed by atoms with E-state index in [9.17, 15) is 19.8 Å². The number of ketones is 1. The first-order chi connectivity index (χ1) is 14.8. The molecule has 0 unspecified atom stereocenters. The molecule has 2 aromatic carbocycles. The highest BCUT2D eigenvalue weighted by Gasteiger charge is 2.46. The number of phenolic OH excluding ortho intramolecular Hbond substituents is 1. The van der Waals surface area contributed by atoms with Crippen molar-refractivity contribution in [1.82, 2.24) is 9.80 Å². The molecule has 0 radical (unpaired) electrons. The van der Waals surface area contributed by atoms with Gasteiger partial charge in [0.1, 0.15) is 11.5 Å². The van der Waals surface area contributed by atoms with E-state index >= 15 is 0 Å². The Morgan fingerprint density at radius 1 is 1.10 bits per heavy atom. The number of ether oxygens (including phenoxy) is 2. The first kappa shape index (κ1) is 22.2. The summed E-state index contributed by atoms with van der Waals surface area (Å²) in [7, 11) is 6.65. The Labute approximate surface area is 180 Å². The number of carbonyl (C=O) groups is 2. The second-order valence-corrected chi connectivity index (χ2v) is 7.46. The highest BCUT2D eigenvalue weighted by Crippen LogP contribution is 2.41. The molecule has 0 aliphatic carbocycles. The van der Waals surface area contributed by atoms with Gasteiger partial charge in [0.15, 0.2) is 11.5 Å². The number of likely N-dealkylation sites (tertiary alicyclic amines) is 1. The molecular formula is C23H26N2O6. The minimum atomic E-state index is -0.833. The molecule has 1 amide bonds. The molecule has 1 fully saturated rings. The first-order valence-electron chi connectivity index (χ1n) is 9.73. The molecule has 0 spiro atoms. The molecule has 3 rings (SSSR count). The van der Waals surface area contributed by atoms with Gasteiger partial charge in [0.05, 0.1) is 25.8 Å². The molecule has 8 heteroatoms. The number of amides is 1. The van der Waals surface area contributed by atoms with Crippen LogP contribution in [0.1, 0.15) is 17.2 Å². The van der Waals surface area contributed by atoms with Gasteiger partial charge in [0, 0.05) is 18.7 Å². The van der Waals surface area contributed by atoms with Crippen LogP contribution >= 0.6 is 0 Å². The highest BCUT2D eigenvalue weighted by atomic mass is 16.5. The average molecular weight is 426 g/mol. The monoisotopic (exact) mass is 426 g/mol. The van der Waals surface area contributed by atoms with Gasteiger partial charge in [0.25, 0.3) is 11.7 Å². The summed E-state index contributed by atoms with van der Waals surface area (Å²) in [5.74, 6) is -1.10. The zero-order chi connectivity index (χ0) is 22.7. The highest BCUT2D eigenvalue weighted by molar-refractivity contribution is 6.46. The van der Waals surface area contributed by atoms with Gasteiger partial charge in [-0.25, -0.2) is 0 Å². The van der Waals surface area contributed by atoms with Gasteiger partial charge in [-0.2, -0.15) is 0 Å². The molecule has 1 saturated heterocycles. The number of hydrogen-bond acceptors (Lipinski definition) is 7. The van der Waals surface area contributed by atoms with Crippen LogP contribution in [0.5, 0.6) is 17.2 Å². The van der Waals surface area contributed by atoms with E-state index < -0.39 is 17.7 Å². The van der Waals surface area contributed by atoms with Gasteiger partial charge in [-0.05, 0) is 43.9 Å². The predicted molar refractivity (Wildman–Crippen MR) is 115 cm³/mol. The number of aliphatic hydroxyl groups is 1. The fourth-order valence-electron chi connectivity index (χ4n) is 3.56. The van der Waals surface area contributed by atoms with Crippen LogP contribution in [0.25, 0.3) is 5.76 Å². The van der Waals surface area contributed by atoms with Crippen molar-refractivity contribution in [2.24, 2.45) is 0 Å². The Morgan fingerprint density at radius 3 is 2.48 bits per heavy atom. The zero-order valence-corrected chi connectivity index (χ0v) is 18.0. The lowest BCUT2D eigenvalue weighted by Crippen LogP contribution is -2.35. The SMILES string of the molecule is COc1cccc(C(O)=C2C(=O)C(=O)N(CCN(C)C)[C@H]2c2ccc(O)c(OC)c2)c1. The maximum absolute atomic E-state index is 13.0. The lowest BCUT2D eigenvalue weighted by molar-refractivity contribution is -0.140. The predicted octanol–water partition coefficient (Wildman–Crippen LogP) is 2.39. The third-order valence-corrected chi connectivity index (χ3v) is 5.19. The molecule has 1 aliphatic heterocycles. The standard InChI is InChI=1S/C23H26N2O6/c1-24(2)10-11-25-20(14-8-9-17(26)18(13-14)31-4)19(22(28)23(25)29)21(27)15-6-5-7-16(12-15)30-3/h5-9,12-13,20,26-27H,10-11H2,1-4H3/t20-/m0/s1. The summed E-state index contributed by atoms with van der Waals surface area (Å²) in [6.07, 6.45) is 0. The number of aliphatic hydroxyl groups excluding tert-OH is 1. The number of methoxy groups -OCH3 is 2. The van der Waals surface area contributed by atoms with Crippen molar-refractivity contribution in [3.05, 3.63) is 59.2 Å². The number of benzene rings is 2. The van der Waals surface area contributed by atoms with Crippen molar-refractivity contribution in [2.75, 3.05) is 41.4 Å². The van der Waals surface area contributed by atoms with Gasteiger partial charge < -0.3 is 29.5 Å². The second kappa shape index (κ2) is 9.09. The van der Waals surface area contributed by atoms with Crippen LogP contribution < -0.4 is 9.47 Å². The van der Waals surface area contributed by atoms with Crippen molar-refractivity contribution in [2.45, 2.75) is 6.04 Å². The molecule has 1 atom stereocenters. The number of carbonyl (C=O) groups excluding carboxylic acids is 2. The van der Waals surface area contributed by atoms with E-state index in [1.54, 1.807) is 36.4 Å². The molecule has 1 aliphatic rings. The average Bonchev–Trinajstić information content (AvgIpc) is 3.02. The van der Waals surface area contributed by atoms with Gasteiger partial charge in [-0.1, -0.05) is 18.2 Å². The summed E-state index contributed by atoms with van der Waals surface area (Å²) in [6.45, 7) is 0.804. The minimum Gasteiger partial charge on any atom is -0.507 e. The van der Waals surface area contributed by atoms with Crippen LogP contribution in [0.2, 0.25) is 0 Å². The Morgan fingerprint density at radius 2 is 1.84 bits per heavy atom. The normalized spacial score (nSPS) is 18.0. The lowest BCUT2D eigenvalue weighted by Gasteiger charge is -2.27. The summed E-state index contributed by atoms with van der Waals surface area (Å²) in [6, 6.07) is 10.4. The quantitative estimate of drug-likeness (QED) is 0.398. The van der Waals surface area contributed by atoms with Gasteiger partial charge in [0.2, 0.25) is 0 Å². The third-order valence-electron chi connectivity index (χ3n) is 5.19. The number of hydrogen-bond donors (Lipinski definition) is 2. The number of aromatic hydroxyl groups is 1. The number of likely N-dealkylation sites (N-methyl/N-ethyl adjacent to an activating group) is 1. The van der Waals surface area contributed by atoms with Gasteiger partial charge in [-0.3, -0.25) is 9.59 Å². The molecular weight excluding hydrogens is 400 g/mol. The van der Waals surface area contributed by atoms with E-state index in [-0.39, 0.29) is 29.4 Å². The van der Waals surface area contributed by atoms with Gasteiger partial charge >= 0.3 is 0 Å². The van der Waals surface area contributed by atoms with E-state index in [2.05, 4.69) is 0 Å². The summed E-state index contributed by atoms with van der Waals surface area (Å²) >= 11 is 0. The topological polar surface area (TPSA) is 99.5 Å². The van der Waals surface area contributed by atoms with E-state index in [0.717, 1.165) is 0 Å². The molecule has 2 aromatic rings. The van der Waals surface area contributed by atoms with Crippen molar-refractivity contribution in [3.63, 3.8) is 0 Å². The maximum Gasteiger partial charge on any atom is 0.295 e. The van der Waals surface area contributed by atoms with Crippen molar-refractivity contribution >= 4 is 17.4 Å². The van der Waals surface area contributed by atoms with Crippen LogP contribution in [0.4, 0.5) is 0 Å². The van der Waals surface area contributed by atoms with Crippen LogP contribution in [0.15, 0.2) is 48.0 Å². The van der Waals surface area contributed by atoms with Crippen LogP contribution in [0, 0.1) is 0 Å². The van der Waals surface area contributed by atoms with E-state index in [0.29, 0.717) is 23.4 Å². The molecule has 164 valence electrons. The number of rotatable bonds is 7. The smallest absolute Gasteiger partial charge is 0.295 e. The van der Waals surface area contributed by atoms with E-state index in [1.165, 1.54) is 25.2 Å². The molecule has 0 aromatic heterocycles. The molecule has 8 nitrogen and oxygen atoms in total. The Hall–Kier alpha value is -3.52. The Balaban J connectivity index is 2.19. The molecule has 0 saturated carbocycles. The Bertz CT molecular complexity index is 1030. The summed E-state index contributed by atoms with van der Waals surface area (Å²) in [5.41, 5.74) is 0.877. The second-order valence-electron chi connectivity index (χ2n) is 7.46. The van der Waals surface area contributed by atoms with Gasteiger partial charge in [-0.15, -0.1) is 0 Å². The van der Waals surface area contributed by atoms with Crippen molar-refractivity contribution < 1.29 is 29.3 Å². The molecule has 31 heavy (non-hydrogen) atoms. The van der Waals surface area contributed by atoms with Crippen LogP contribution in [-0.4, -0.2) is 73.1 Å². The first-order valence-corrected chi connectivity index (χ1v) is 9.73. The molecule has 0 bridgehead atoms. The van der Waals surface area contributed by atoms with Crippen molar-refractivity contribution in [3.8, 4) is 17.2 Å². The summed E-state index contributed by atoms with van der Waals surface area (Å²) < 4.78 is 10.4. The summed E-state index contributed by atoms with van der Waals surface area (Å²) in [5, 5.41) is 21.0. The van der Waals surface area contributed by atoms with E-state index in [1.807, 2.05) is 19.0 Å². The lowest BCUT2D eigenvalue weighted by atomic mass is 9.95. The summed E-state index contributed by atoms with van der Waals surface area (Å²) in [4.78, 5) is 29.2. The van der Waals surface area contributed by atoms with Crippen LogP contribution in [-0.2, 0) is 9.59 Å². The largest absolute Gasteiger partial charge is 0.507 e. The maximum atomic E-state index is 13.0. The third kappa shape index (κ3) is 4.34. The Kier molecular flexibility index (Phi) is 6.50. The van der Waals surface area contributed by atoms with Crippen molar-refractivity contribution in [1.29, 1.82) is 0 Å². The molecule has 2 N–H and O–H groups in total. The fraction of sp³-hybridized carbons (Fsp3) is 0.304. The fourth-order valence-corrected chi connectivity index (χ4v) is 3.56. The number of phenols is 1. The number of nitrogens with zero attached hydrogens (tertiary/aromatic N) is 2. The zero-order valence-electron chi connectivity index (χ0n) is 18.0. The van der Waals surface area contributed by atoms with E-state index in [4.69, 9.17) is 9.47 Å². The van der Waals surface area contributed by atoms with Crippen LogP contribution in [0.3, 0.4) is 0 Å². The minimum absolute atomic E-state index is 0.0234. The molecule has 1 heterocycles. The number of Topliss-reactive ketones (excluding diaryl/α,β-unsaturated/α-hetero) is 1.